The Morgan fingerprint density at radius 3 is 3.14 bits per heavy atom. The maximum atomic E-state index is 5.77. The second kappa shape index (κ2) is 3.96. The SMILES string of the molecule is CC(N)Cc1nc2c(s1)CN(C)CC2. The third-order valence-corrected chi connectivity index (χ3v) is 3.57. The summed E-state index contributed by atoms with van der Waals surface area (Å²) in [7, 11) is 2.16. The zero-order valence-electron chi connectivity index (χ0n) is 8.79. The Morgan fingerprint density at radius 1 is 1.64 bits per heavy atom. The maximum absolute atomic E-state index is 5.77. The number of thiazole rings is 1. The van der Waals surface area contributed by atoms with Crippen molar-refractivity contribution < 1.29 is 0 Å². The molecular formula is C10H17N3S. The highest BCUT2D eigenvalue weighted by atomic mass is 32.1. The van der Waals surface area contributed by atoms with Crippen molar-refractivity contribution in [2.45, 2.75) is 32.4 Å². The molecule has 0 saturated heterocycles. The average Bonchev–Trinajstić information content (AvgIpc) is 2.44. The van der Waals surface area contributed by atoms with Crippen molar-refractivity contribution >= 4 is 11.3 Å². The predicted molar refractivity (Wildman–Crippen MR) is 59.5 cm³/mol. The molecule has 1 atom stereocenters. The lowest BCUT2D eigenvalue weighted by Crippen LogP contribution is -2.25. The molecule has 0 spiro atoms. The van der Waals surface area contributed by atoms with Crippen LogP contribution in [0.4, 0.5) is 0 Å². The summed E-state index contributed by atoms with van der Waals surface area (Å²) in [5.74, 6) is 0. The first-order chi connectivity index (χ1) is 6.65. The minimum atomic E-state index is 0.223. The van der Waals surface area contributed by atoms with Gasteiger partial charge in [0, 0.05) is 36.9 Å². The fourth-order valence-corrected chi connectivity index (χ4v) is 3.08. The van der Waals surface area contributed by atoms with Gasteiger partial charge in [0.1, 0.15) is 0 Å². The summed E-state index contributed by atoms with van der Waals surface area (Å²) in [4.78, 5) is 8.42. The van der Waals surface area contributed by atoms with Crippen LogP contribution in [-0.4, -0.2) is 29.5 Å². The Hall–Kier alpha value is -0.450. The van der Waals surface area contributed by atoms with Gasteiger partial charge >= 0.3 is 0 Å². The highest BCUT2D eigenvalue weighted by molar-refractivity contribution is 7.11. The van der Waals surface area contributed by atoms with E-state index in [4.69, 9.17) is 5.73 Å². The van der Waals surface area contributed by atoms with Crippen molar-refractivity contribution in [3.8, 4) is 0 Å². The van der Waals surface area contributed by atoms with E-state index in [1.54, 1.807) is 0 Å². The van der Waals surface area contributed by atoms with Crippen LogP contribution in [0.15, 0.2) is 0 Å². The van der Waals surface area contributed by atoms with Gasteiger partial charge in [-0.1, -0.05) is 0 Å². The highest BCUT2D eigenvalue weighted by Gasteiger charge is 2.18. The fourth-order valence-electron chi connectivity index (χ4n) is 1.74. The average molecular weight is 211 g/mol. The molecule has 1 aliphatic heterocycles. The molecule has 0 aromatic carbocycles. The second-order valence-electron chi connectivity index (χ2n) is 4.15. The number of rotatable bonds is 2. The predicted octanol–water partition coefficient (Wildman–Crippen LogP) is 1.02. The lowest BCUT2D eigenvalue weighted by Gasteiger charge is -2.20. The van der Waals surface area contributed by atoms with Gasteiger partial charge in [0.25, 0.3) is 0 Å². The first-order valence-electron chi connectivity index (χ1n) is 5.06. The normalized spacial score (nSPS) is 19.4. The largest absolute Gasteiger partial charge is 0.328 e. The van der Waals surface area contributed by atoms with E-state index in [9.17, 15) is 0 Å². The zero-order chi connectivity index (χ0) is 10.1. The minimum absolute atomic E-state index is 0.223. The molecule has 0 aliphatic carbocycles. The van der Waals surface area contributed by atoms with Crippen molar-refractivity contribution in [2.24, 2.45) is 5.73 Å². The molecule has 2 rings (SSSR count). The minimum Gasteiger partial charge on any atom is -0.328 e. The van der Waals surface area contributed by atoms with Crippen LogP contribution < -0.4 is 5.73 Å². The van der Waals surface area contributed by atoms with Crippen LogP contribution in [0, 0.1) is 0 Å². The molecule has 0 fully saturated rings. The van der Waals surface area contributed by atoms with Gasteiger partial charge < -0.3 is 10.6 Å². The monoisotopic (exact) mass is 211 g/mol. The van der Waals surface area contributed by atoms with Gasteiger partial charge in [-0.2, -0.15) is 0 Å². The van der Waals surface area contributed by atoms with E-state index in [1.165, 1.54) is 15.6 Å². The first-order valence-corrected chi connectivity index (χ1v) is 5.88. The molecule has 2 heterocycles. The summed E-state index contributed by atoms with van der Waals surface area (Å²) >= 11 is 1.83. The van der Waals surface area contributed by atoms with Crippen LogP contribution in [0.2, 0.25) is 0 Å². The molecule has 1 aromatic heterocycles. The standard InChI is InChI=1S/C10H17N3S/c1-7(11)5-10-12-8-3-4-13(2)6-9(8)14-10/h7H,3-6,11H2,1-2H3. The van der Waals surface area contributed by atoms with Crippen LogP contribution >= 0.6 is 11.3 Å². The summed E-state index contributed by atoms with van der Waals surface area (Å²) in [5, 5.41) is 1.21. The summed E-state index contributed by atoms with van der Waals surface area (Å²) in [6.45, 7) is 4.23. The number of nitrogens with zero attached hydrogens (tertiary/aromatic N) is 2. The third-order valence-electron chi connectivity index (χ3n) is 2.46. The summed E-state index contributed by atoms with van der Waals surface area (Å²) in [5.41, 5.74) is 7.07. The molecule has 1 unspecified atom stereocenters. The lowest BCUT2D eigenvalue weighted by molar-refractivity contribution is 0.314. The van der Waals surface area contributed by atoms with Gasteiger partial charge in [-0.25, -0.2) is 4.98 Å². The Morgan fingerprint density at radius 2 is 2.43 bits per heavy atom. The second-order valence-corrected chi connectivity index (χ2v) is 5.31. The quantitative estimate of drug-likeness (QED) is 0.794. The van der Waals surface area contributed by atoms with Gasteiger partial charge in [-0.3, -0.25) is 0 Å². The Labute approximate surface area is 88.9 Å². The Bertz CT molecular complexity index is 319. The molecule has 1 aromatic rings. The Kier molecular flexibility index (Phi) is 2.85. The molecule has 0 amide bonds. The van der Waals surface area contributed by atoms with Crippen molar-refractivity contribution in [3.63, 3.8) is 0 Å². The van der Waals surface area contributed by atoms with Crippen LogP contribution in [0.5, 0.6) is 0 Å². The van der Waals surface area contributed by atoms with Crippen molar-refractivity contribution in [1.82, 2.24) is 9.88 Å². The van der Waals surface area contributed by atoms with Crippen LogP contribution in [0.1, 0.15) is 22.5 Å². The van der Waals surface area contributed by atoms with E-state index in [1.807, 2.05) is 18.3 Å². The molecule has 78 valence electrons. The molecular weight excluding hydrogens is 194 g/mol. The topological polar surface area (TPSA) is 42.1 Å². The zero-order valence-corrected chi connectivity index (χ0v) is 9.60. The molecule has 0 radical (unpaired) electrons. The molecule has 0 saturated carbocycles. The van der Waals surface area contributed by atoms with E-state index >= 15 is 0 Å². The van der Waals surface area contributed by atoms with Gasteiger partial charge in [-0.15, -0.1) is 11.3 Å². The molecule has 2 N–H and O–H groups in total. The third kappa shape index (κ3) is 2.13. The van der Waals surface area contributed by atoms with Crippen molar-refractivity contribution in [3.05, 3.63) is 15.6 Å². The van der Waals surface area contributed by atoms with Crippen molar-refractivity contribution in [1.29, 1.82) is 0 Å². The molecule has 1 aliphatic rings. The number of hydrogen-bond acceptors (Lipinski definition) is 4. The Balaban J connectivity index is 2.15. The lowest BCUT2D eigenvalue weighted by atomic mass is 10.2. The van der Waals surface area contributed by atoms with Gasteiger partial charge in [0.15, 0.2) is 0 Å². The summed E-state index contributed by atoms with van der Waals surface area (Å²) in [6.07, 6.45) is 2.02. The van der Waals surface area contributed by atoms with Gasteiger partial charge in [0.2, 0.25) is 0 Å². The molecule has 14 heavy (non-hydrogen) atoms. The first kappa shape index (κ1) is 10.1. The maximum Gasteiger partial charge on any atom is 0.0946 e. The number of likely N-dealkylation sites (N-methyl/N-ethyl adjacent to an activating group) is 1. The molecule has 4 heteroatoms. The number of fused-ring (bicyclic) bond motifs is 1. The van der Waals surface area contributed by atoms with Gasteiger partial charge in [-0.05, 0) is 14.0 Å². The summed E-state index contributed by atoms with van der Waals surface area (Å²) < 4.78 is 0. The fraction of sp³-hybridized carbons (Fsp3) is 0.700. The van der Waals surface area contributed by atoms with Crippen LogP contribution in [-0.2, 0) is 19.4 Å². The van der Waals surface area contributed by atoms with Crippen LogP contribution in [0.3, 0.4) is 0 Å². The number of hydrogen-bond donors (Lipinski definition) is 1. The smallest absolute Gasteiger partial charge is 0.0946 e. The van der Waals surface area contributed by atoms with Crippen LogP contribution in [0.25, 0.3) is 0 Å². The van der Waals surface area contributed by atoms with Crippen molar-refractivity contribution in [2.75, 3.05) is 13.6 Å². The molecule has 3 nitrogen and oxygen atoms in total. The molecule has 0 bridgehead atoms. The van der Waals surface area contributed by atoms with Gasteiger partial charge in [0.05, 0.1) is 10.7 Å². The number of nitrogens with two attached hydrogens (primary N) is 1. The van der Waals surface area contributed by atoms with E-state index in [2.05, 4.69) is 16.9 Å². The number of aromatic nitrogens is 1. The van der Waals surface area contributed by atoms with E-state index in [0.29, 0.717) is 0 Å². The van der Waals surface area contributed by atoms with E-state index in [-0.39, 0.29) is 6.04 Å². The van der Waals surface area contributed by atoms with E-state index in [0.717, 1.165) is 25.9 Å². The highest BCUT2D eigenvalue weighted by Crippen LogP contribution is 2.24. The van der Waals surface area contributed by atoms with E-state index < -0.39 is 0 Å². The summed E-state index contributed by atoms with van der Waals surface area (Å²) in [6, 6.07) is 0.223.